The molecule has 0 spiro atoms. The van der Waals surface area contributed by atoms with Crippen molar-refractivity contribution in [2.45, 2.75) is 26.8 Å². The monoisotopic (exact) mass is 349 g/mol. The number of methoxy groups -OCH3 is 1. The Bertz CT molecular complexity index is 916. The van der Waals surface area contributed by atoms with Gasteiger partial charge >= 0.3 is 0 Å². The lowest BCUT2D eigenvalue weighted by Gasteiger charge is -2.17. The zero-order valence-corrected chi connectivity index (χ0v) is 15.5. The van der Waals surface area contributed by atoms with Crippen LogP contribution in [0.1, 0.15) is 40.3 Å². The van der Waals surface area contributed by atoms with Crippen molar-refractivity contribution in [2.24, 2.45) is 0 Å². The summed E-state index contributed by atoms with van der Waals surface area (Å²) in [5.41, 5.74) is 4.00. The first-order valence-electron chi connectivity index (χ1n) is 8.58. The topological polar surface area (TPSA) is 56.1 Å². The lowest BCUT2D eigenvalue weighted by molar-refractivity contribution is 0.0938. The van der Waals surface area contributed by atoms with Gasteiger partial charge < -0.3 is 10.1 Å². The fraction of sp³-hybridized carbons (Fsp3) is 0.238. The van der Waals surface area contributed by atoms with Gasteiger partial charge in [0.05, 0.1) is 35.8 Å². The first-order valence-corrected chi connectivity index (χ1v) is 8.58. The Kier molecular flexibility index (Phi) is 5.07. The van der Waals surface area contributed by atoms with E-state index in [1.807, 2.05) is 75.4 Å². The van der Waals surface area contributed by atoms with E-state index in [9.17, 15) is 4.79 Å². The summed E-state index contributed by atoms with van der Waals surface area (Å²) in [6.07, 6.45) is 0. The highest BCUT2D eigenvalue weighted by atomic mass is 16.5. The third-order valence-electron chi connectivity index (χ3n) is 4.47. The molecule has 134 valence electrons. The minimum Gasteiger partial charge on any atom is -0.496 e. The van der Waals surface area contributed by atoms with Crippen LogP contribution in [0.15, 0.2) is 54.6 Å². The van der Waals surface area contributed by atoms with Gasteiger partial charge in [-0.3, -0.25) is 4.79 Å². The Morgan fingerprint density at radius 3 is 2.42 bits per heavy atom. The highest BCUT2D eigenvalue weighted by molar-refractivity contribution is 5.96. The first-order chi connectivity index (χ1) is 12.5. The molecule has 1 N–H and O–H groups in total. The molecule has 3 rings (SSSR count). The lowest BCUT2D eigenvalue weighted by atomic mass is 10.1. The first kappa shape index (κ1) is 17.7. The molecular weight excluding hydrogens is 326 g/mol. The molecular formula is C21H23N3O2. The highest BCUT2D eigenvalue weighted by Crippen LogP contribution is 2.25. The minimum absolute atomic E-state index is 0.138. The van der Waals surface area contributed by atoms with Crippen LogP contribution in [0, 0.1) is 13.8 Å². The molecule has 0 radical (unpaired) electrons. The zero-order valence-electron chi connectivity index (χ0n) is 15.5. The second-order valence-electron chi connectivity index (χ2n) is 6.23. The molecule has 1 heterocycles. The standard InChI is InChI=1S/C21H23N3O2/c1-14(18-12-8-9-13-19(18)26-4)22-21(25)20-15(2)23-24(16(20)3)17-10-6-5-7-11-17/h5-14H,1-4H3,(H,22,25). The summed E-state index contributed by atoms with van der Waals surface area (Å²) in [6.45, 7) is 5.72. The molecule has 5 heteroatoms. The predicted molar refractivity (Wildman–Crippen MR) is 102 cm³/mol. The van der Waals surface area contributed by atoms with Gasteiger partial charge in [-0.1, -0.05) is 36.4 Å². The van der Waals surface area contributed by atoms with Crippen molar-refractivity contribution in [3.8, 4) is 11.4 Å². The Morgan fingerprint density at radius 1 is 1.08 bits per heavy atom. The maximum absolute atomic E-state index is 12.9. The number of amides is 1. The molecule has 0 saturated carbocycles. The summed E-state index contributed by atoms with van der Waals surface area (Å²) < 4.78 is 7.20. The van der Waals surface area contributed by atoms with Gasteiger partial charge in [-0.15, -0.1) is 0 Å². The number of nitrogens with zero attached hydrogens (tertiary/aromatic N) is 2. The van der Waals surface area contributed by atoms with Gasteiger partial charge in [0, 0.05) is 5.56 Å². The van der Waals surface area contributed by atoms with Crippen LogP contribution in [0.2, 0.25) is 0 Å². The fourth-order valence-electron chi connectivity index (χ4n) is 3.16. The average molecular weight is 349 g/mol. The van der Waals surface area contributed by atoms with Crippen molar-refractivity contribution in [1.29, 1.82) is 0 Å². The smallest absolute Gasteiger partial charge is 0.255 e. The van der Waals surface area contributed by atoms with Gasteiger partial charge in [0.2, 0.25) is 0 Å². The van der Waals surface area contributed by atoms with Crippen molar-refractivity contribution >= 4 is 5.91 Å². The molecule has 3 aromatic rings. The molecule has 1 unspecified atom stereocenters. The molecule has 0 saturated heterocycles. The maximum Gasteiger partial charge on any atom is 0.255 e. The Hall–Kier alpha value is -3.08. The van der Waals surface area contributed by atoms with Crippen LogP contribution < -0.4 is 10.1 Å². The van der Waals surface area contributed by atoms with Gasteiger partial charge in [0.15, 0.2) is 0 Å². The molecule has 0 aliphatic carbocycles. The van der Waals surface area contributed by atoms with E-state index >= 15 is 0 Å². The fourth-order valence-corrected chi connectivity index (χ4v) is 3.16. The largest absolute Gasteiger partial charge is 0.496 e. The third kappa shape index (κ3) is 3.33. The molecule has 1 amide bonds. The highest BCUT2D eigenvalue weighted by Gasteiger charge is 2.22. The number of carbonyl (C=O) groups excluding carboxylic acids is 1. The molecule has 26 heavy (non-hydrogen) atoms. The van der Waals surface area contributed by atoms with Crippen LogP contribution in [-0.2, 0) is 0 Å². The van der Waals surface area contributed by atoms with Gasteiger partial charge in [-0.05, 0) is 39.0 Å². The predicted octanol–water partition coefficient (Wildman–Crippen LogP) is 3.99. The Labute approximate surface area is 153 Å². The van der Waals surface area contributed by atoms with E-state index in [1.165, 1.54) is 0 Å². The van der Waals surface area contributed by atoms with Gasteiger partial charge in [-0.25, -0.2) is 4.68 Å². The number of aromatic nitrogens is 2. The molecule has 0 bridgehead atoms. The van der Waals surface area contributed by atoms with E-state index in [-0.39, 0.29) is 11.9 Å². The Balaban J connectivity index is 1.88. The van der Waals surface area contributed by atoms with Crippen molar-refractivity contribution in [3.63, 3.8) is 0 Å². The Morgan fingerprint density at radius 2 is 1.73 bits per heavy atom. The average Bonchev–Trinajstić information content (AvgIpc) is 2.96. The molecule has 0 fully saturated rings. The van der Waals surface area contributed by atoms with E-state index in [2.05, 4.69) is 10.4 Å². The number of aryl methyl sites for hydroxylation is 1. The van der Waals surface area contributed by atoms with E-state index in [0.29, 0.717) is 11.3 Å². The molecule has 1 aromatic heterocycles. The van der Waals surface area contributed by atoms with E-state index in [1.54, 1.807) is 11.8 Å². The minimum atomic E-state index is -0.183. The van der Waals surface area contributed by atoms with Crippen LogP contribution in [-0.4, -0.2) is 22.8 Å². The SMILES string of the molecule is COc1ccccc1C(C)NC(=O)c1c(C)nn(-c2ccccc2)c1C. The van der Waals surface area contributed by atoms with Crippen LogP contribution in [0.3, 0.4) is 0 Å². The lowest BCUT2D eigenvalue weighted by Crippen LogP contribution is -2.27. The van der Waals surface area contributed by atoms with Crippen molar-refractivity contribution < 1.29 is 9.53 Å². The summed E-state index contributed by atoms with van der Waals surface area (Å²) in [4.78, 5) is 12.9. The molecule has 2 aromatic carbocycles. The number of para-hydroxylation sites is 2. The second kappa shape index (κ2) is 7.44. The molecule has 1 atom stereocenters. The van der Waals surface area contributed by atoms with Gasteiger partial charge in [0.1, 0.15) is 5.75 Å². The molecule has 5 nitrogen and oxygen atoms in total. The summed E-state index contributed by atoms with van der Waals surface area (Å²) in [5, 5.41) is 7.61. The zero-order chi connectivity index (χ0) is 18.7. The van der Waals surface area contributed by atoms with Gasteiger partial charge in [0.25, 0.3) is 5.91 Å². The van der Waals surface area contributed by atoms with Gasteiger partial charge in [-0.2, -0.15) is 5.10 Å². The quantitative estimate of drug-likeness (QED) is 0.758. The number of benzene rings is 2. The van der Waals surface area contributed by atoms with E-state index < -0.39 is 0 Å². The van der Waals surface area contributed by atoms with Crippen molar-refractivity contribution in [3.05, 3.63) is 77.1 Å². The van der Waals surface area contributed by atoms with E-state index in [0.717, 1.165) is 22.7 Å². The number of hydrogen-bond donors (Lipinski definition) is 1. The third-order valence-corrected chi connectivity index (χ3v) is 4.47. The summed E-state index contributed by atoms with van der Waals surface area (Å²) in [7, 11) is 1.63. The maximum atomic E-state index is 12.9. The summed E-state index contributed by atoms with van der Waals surface area (Å²) in [6, 6.07) is 17.3. The summed E-state index contributed by atoms with van der Waals surface area (Å²) in [5.74, 6) is 0.620. The second-order valence-corrected chi connectivity index (χ2v) is 6.23. The van der Waals surface area contributed by atoms with Crippen LogP contribution in [0.4, 0.5) is 0 Å². The molecule has 0 aliphatic heterocycles. The van der Waals surface area contributed by atoms with Crippen molar-refractivity contribution in [2.75, 3.05) is 7.11 Å². The molecule has 0 aliphatic rings. The number of hydrogen-bond acceptors (Lipinski definition) is 3. The number of nitrogens with one attached hydrogen (secondary N) is 1. The normalized spacial score (nSPS) is 11.8. The van der Waals surface area contributed by atoms with Crippen molar-refractivity contribution in [1.82, 2.24) is 15.1 Å². The number of carbonyl (C=O) groups is 1. The number of ether oxygens (including phenoxy) is 1. The van der Waals surface area contributed by atoms with Crippen LogP contribution in [0.25, 0.3) is 5.69 Å². The summed E-state index contributed by atoms with van der Waals surface area (Å²) >= 11 is 0. The van der Waals surface area contributed by atoms with Crippen LogP contribution in [0.5, 0.6) is 5.75 Å². The van der Waals surface area contributed by atoms with Crippen LogP contribution >= 0.6 is 0 Å². The van der Waals surface area contributed by atoms with E-state index in [4.69, 9.17) is 4.74 Å². The number of rotatable bonds is 5.